The Kier molecular flexibility index (Phi) is 3.30. The molecule has 0 radical (unpaired) electrons. The second-order valence-corrected chi connectivity index (χ2v) is 6.65. The van der Waals surface area contributed by atoms with Crippen molar-refractivity contribution < 1.29 is 4.74 Å². The van der Waals surface area contributed by atoms with E-state index in [9.17, 15) is 0 Å². The van der Waals surface area contributed by atoms with Crippen LogP contribution in [0.3, 0.4) is 0 Å². The van der Waals surface area contributed by atoms with Gasteiger partial charge in [-0.2, -0.15) is 0 Å². The number of hydrogen-bond acceptors (Lipinski definition) is 1. The third-order valence-electron chi connectivity index (χ3n) is 3.12. The van der Waals surface area contributed by atoms with Crippen molar-refractivity contribution in [3.8, 4) is 0 Å². The molecular formula is C13H26O. The minimum Gasteiger partial charge on any atom is -0.372 e. The summed E-state index contributed by atoms with van der Waals surface area (Å²) in [5.41, 5.74) is 0.539. The Hall–Kier alpha value is -0.0400. The molecule has 1 fully saturated rings. The van der Waals surface area contributed by atoms with E-state index in [2.05, 4.69) is 41.5 Å². The van der Waals surface area contributed by atoms with E-state index in [-0.39, 0.29) is 5.60 Å². The van der Waals surface area contributed by atoms with Crippen molar-refractivity contribution in [2.45, 2.75) is 72.5 Å². The molecule has 1 aliphatic carbocycles. The van der Waals surface area contributed by atoms with E-state index in [4.69, 9.17) is 4.74 Å². The smallest absolute Gasteiger partial charge is 0.0608 e. The van der Waals surface area contributed by atoms with Gasteiger partial charge < -0.3 is 4.74 Å². The van der Waals surface area contributed by atoms with Gasteiger partial charge in [-0.1, -0.05) is 20.8 Å². The van der Waals surface area contributed by atoms with Gasteiger partial charge in [0.15, 0.2) is 0 Å². The lowest BCUT2D eigenvalue weighted by atomic mass is 9.71. The van der Waals surface area contributed by atoms with Crippen molar-refractivity contribution in [3.63, 3.8) is 0 Å². The molecule has 0 amide bonds. The lowest BCUT2D eigenvalue weighted by Gasteiger charge is -2.41. The van der Waals surface area contributed by atoms with Crippen LogP contribution in [-0.4, -0.2) is 11.7 Å². The highest BCUT2D eigenvalue weighted by molar-refractivity contribution is 4.84. The van der Waals surface area contributed by atoms with Crippen molar-refractivity contribution in [2.75, 3.05) is 0 Å². The zero-order chi connectivity index (χ0) is 11.0. The quantitative estimate of drug-likeness (QED) is 0.618. The van der Waals surface area contributed by atoms with Crippen LogP contribution in [0.5, 0.6) is 0 Å². The Morgan fingerprint density at radius 3 is 2.21 bits per heavy atom. The van der Waals surface area contributed by atoms with Crippen LogP contribution in [-0.2, 0) is 4.74 Å². The van der Waals surface area contributed by atoms with E-state index in [1.807, 2.05) is 0 Å². The third-order valence-corrected chi connectivity index (χ3v) is 3.12. The second-order valence-electron chi connectivity index (χ2n) is 6.65. The van der Waals surface area contributed by atoms with Crippen molar-refractivity contribution >= 4 is 0 Å². The first-order chi connectivity index (χ1) is 6.20. The van der Waals surface area contributed by atoms with Gasteiger partial charge in [0.2, 0.25) is 0 Å². The molecule has 1 rings (SSSR count). The van der Waals surface area contributed by atoms with Crippen LogP contribution in [0.4, 0.5) is 0 Å². The molecule has 2 atom stereocenters. The van der Waals surface area contributed by atoms with Gasteiger partial charge in [0.1, 0.15) is 0 Å². The summed E-state index contributed by atoms with van der Waals surface area (Å²) >= 11 is 0. The lowest BCUT2D eigenvalue weighted by Crippen LogP contribution is -2.38. The Labute approximate surface area is 89.2 Å². The number of rotatable bonds is 1. The van der Waals surface area contributed by atoms with Crippen LogP contribution in [0.2, 0.25) is 0 Å². The van der Waals surface area contributed by atoms with Gasteiger partial charge in [-0.25, -0.2) is 0 Å². The van der Waals surface area contributed by atoms with Gasteiger partial charge >= 0.3 is 0 Å². The molecule has 0 aromatic rings. The van der Waals surface area contributed by atoms with E-state index in [0.717, 1.165) is 0 Å². The summed E-state index contributed by atoms with van der Waals surface area (Å²) in [6.07, 6.45) is 4.31. The molecule has 1 aliphatic rings. The predicted octanol–water partition coefficient (Wildman–Crippen LogP) is 4.02. The van der Waals surface area contributed by atoms with Crippen LogP contribution < -0.4 is 0 Å². The Morgan fingerprint density at radius 2 is 1.79 bits per heavy atom. The maximum absolute atomic E-state index is 6.08. The minimum absolute atomic E-state index is 0.0143. The predicted molar refractivity (Wildman–Crippen MR) is 61.4 cm³/mol. The molecule has 1 saturated carbocycles. The maximum atomic E-state index is 6.08. The van der Waals surface area contributed by atoms with Gasteiger partial charge in [0, 0.05) is 0 Å². The highest BCUT2D eigenvalue weighted by Crippen LogP contribution is 2.40. The molecule has 84 valence electrons. The minimum atomic E-state index is 0.0143. The normalized spacial score (nSPS) is 33.0. The van der Waals surface area contributed by atoms with Crippen LogP contribution >= 0.6 is 0 Å². The van der Waals surface area contributed by atoms with Crippen LogP contribution in [0, 0.1) is 11.3 Å². The molecule has 14 heavy (non-hydrogen) atoms. The molecule has 0 N–H and O–H groups in total. The molecule has 0 bridgehead atoms. The van der Waals surface area contributed by atoms with E-state index in [1.165, 1.54) is 19.3 Å². The average Bonchev–Trinajstić information content (AvgIpc) is 1.92. The van der Waals surface area contributed by atoms with Crippen LogP contribution in [0.1, 0.15) is 60.8 Å². The van der Waals surface area contributed by atoms with Crippen LogP contribution in [0.15, 0.2) is 0 Å². The summed E-state index contributed by atoms with van der Waals surface area (Å²) in [6.45, 7) is 13.5. The molecule has 0 aromatic carbocycles. The molecule has 0 spiro atoms. The van der Waals surface area contributed by atoms with Gasteiger partial charge in [0.05, 0.1) is 11.7 Å². The lowest BCUT2D eigenvalue weighted by molar-refractivity contribution is -0.108. The fourth-order valence-electron chi connectivity index (χ4n) is 2.55. The van der Waals surface area contributed by atoms with E-state index >= 15 is 0 Å². The van der Waals surface area contributed by atoms with Crippen molar-refractivity contribution in [1.29, 1.82) is 0 Å². The Morgan fingerprint density at radius 1 is 1.21 bits per heavy atom. The van der Waals surface area contributed by atoms with E-state index in [0.29, 0.717) is 17.4 Å². The number of hydrogen-bond donors (Lipinski definition) is 0. The van der Waals surface area contributed by atoms with Crippen molar-refractivity contribution in [3.05, 3.63) is 0 Å². The summed E-state index contributed by atoms with van der Waals surface area (Å²) < 4.78 is 6.08. The van der Waals surface area contributed by atoms with E-state index < -0.39 is 0 Å². The number of ether oxygens (including phenoxy) is 1. The zero-order valence-corrected chi connectivity index (χ0v) is 10.7. The summed E-state index contributed by atoms with van der Waals surface area (Å²) in [7, 11) is 0. The molecule has 0 aromatic heterocycles. The van der Waals surface area contributed by atoms with Gasteiger partial charge in [-0.15, -0.1) is 0 Å². The molecule has 2 unspecified atom stereocenters. The maximum Gasteiger partial charge on any atom is 0.0608 e. The summed E-state index contributed by atoms with van der Waals surface area (Å²) in [5.74, 6) is 0.706. The first-order valence-electron chi connectivity index (χ1n) is 5.87. The average molecular weight is 198 g/mol. The highest BCUT2D eigenvalue weighted by atomic mass is 16.5. The highest BCUT2D eigenvalue weighted by Gasteiger charge is 2.34. The fraction of sp³-hybridized carbons (Fsp3) is 1.00. The third kappa shape index (κ3) is 3.61. The first kappa shape index (κ1) is 12.0. The molecular weight excluding hydrogens is 172 g/mol. The van der Waals surface area contributed by atoms with Gasteiger partial charge in [0.25, 0.3) is 0 Å². The van der Waals surface area contributed by atoms with Crippen LogP contribution in [0.25, 0.3) is 0 Å². The molecule has 0 heterocycles. The first-order valence-corrected chi connectivity index (χ1v) is 5.87. The van der Waals surface area contributed by atoms with Gasteiger partial charge in [-0.05, 0) is 51.4 Å². The molecule has 1 heteroatoms. The molecule has 0 saturated heterocycles. The van der Waals surface area contributed by atoms with Crippen molar-refractivity contribution in [2.24, 2.45) is 11.3 Å². The Balaban J connectivity index is 2.51. The molecule has 0 aliphatic heterocycles. The molecule has 1 nitrogen and oxygen atoms in total. The summed E-state index contributed by atoms with van der Waals surface area (Å²) in [5, 5.41) is 0. The second kappa shape index (κ2) is 3.84. The zero-order valence-electron chi connectivity index (χ0n) is 10.7. The largest absolute Gasteiger partial charge is 0.372 e. The van der Waals surface area contributed by atoms with Crippen molar-refractivity contribution in [1.82, 2.24) is 0 Å². The van der Waals surface area contributed by atoms with E-state index in [1.54, 1.807) is 0 Å². The topological polar surface area (TPSA) is 9.23 Å². The fourth-order valence-corrected chi connectivity index (χ4v) is 2.55. The SMILES string of the molecule is CC1CC(C)(C)CCC1OC(C)(C)C. The summed E-state index contributed by atoms with van der Waals surface area (Å²) in [6, 6.07) is 0. The standard InChI is InChI=1S/C13H26O/c1-10-9-13(5,6)8-7-11(10)14-12(2,3)4/h10-11H,7-9H2,1-6H3. The summed E-state index contributed by atoms with van der Waals surface area (Å²) in [4.78, 5) is 0. The Bertz CT molecular complexity index is 188. The van der Waals surface area contributed by atoms with Gasteiger partial charge in [-0.3, -0.25) is 0 Å². The monoisotopic (exact) mass is 198 g/mol.